The van der Waals surface area contributed by atoms with Crippen LogP contribution < -0.4 is 14.2 Å². The number of hydrogen-bond donors (Lipinski definition) is 2. The molecular formula is C127H119AlBN9O7. The Balaban J connectivity index is 0.000000182. The van der Waals surface area contributed by atoms with Gasteiger partial charge in [-0.25, -0.2) is 24.7 Å². The first-order chi connectivity index (χ1) is 70.8. The molecule has 2 N–H and O–H groups in total. The van der Waals surface area contributed by atoms with E-state index in [1.165, 1.54) is 66.8 Å². The average Bonchev–Trinajstić information content (AvgIpc) is 1.54. The Morgan fingerprint density at radius 2 is 0.917 bits per heavy atom. The van der Waals surface area contributed by atoms with Gasteiger partial charge in [0, 0.05) is 87.2 Å². The number of benzene rings is 14. The van der Waals surface area contributed by atoms with E-state index in [0.717, 1.165) is 220 Å². The second-order valence-electron chi connectivity index (χ2n) is 37.0. The standard InChI is InChI=1S/C65H62N4O3.C54H48N4O4.C8H8.Al.B.HN/c1-4-48(49-18-8-5-9-19-49)40-45(3)59(70)43-71-38-39-72-56-36-34-54(35-37-56)61-60(53-30-26-44(2)27-31-53)67-65(68-61)58-42-47-17-14-16-46-28-32-50(24-15-25-51(58)33-29-47)57(41-46)64-66-62(52-20-10-6-11-21-52)63(69(64)65)55-22-12-7-13-23-55;1-3-48(59)62-33-32-61-45-30-26-43(27-31-45)52-51(42-24-28-44(60-2)29-25-42)57-54(58-52)47-35-37-13-10-12-36-20-22-38(18-11-19-39(47)23-21-37)46(34-36)53-55-49(40-14-6-4-7-15-40)50(56-53)41-16-8-5-9-17-41;1-2-8-6-4-3-5-7-8;;;/h5-13,18-23,26-37,41-42,45,48H,4,14-17,24-25,38-40,43H2,1-3H3;3-9,14-17,20-31,34-35,54H,1,10-13,18-19,32-33H2,2H3,(H,55,56);2-7H,1H2;;;1H. The number of carbonyl (C=O) groups is 2. The van der Waals surface area contributed by atoms with Gasteiger partial charge in [0.05, 0.1) is 59.3 Å². The van der Waals surface area contributed by atoms with E-state index >= 15 is 0 Å². The number of imidazole rings is 2. The van der Waals surface area contributed by atoms with E-state index in [-0.39, 0.29) is 39.9 Å². The van der Waals surface area contributed by atoms with Gasteiger partial charge < -0.3 is 28.7 Å². The molecule has 16 aromatic rings. The number of hydrogen-bond acceptors (Lipinski definition) is 14. The van der Waals surface area contributed by atoms with Crippen LogP contribution in [-0.2, 0) is 76.2 Å². The summed E-state index contributed by atoms with van der Waals surface area (Å²) in [5.41, 5.74) is 33.7. The van der Waals surface area contributed by atoms with Crippen molar-refractivity contribution < 1.29 is 33.3 Å². The van der Waals surface area contributed by atoms with Crippen LogP contribution in [-0.4, -0.2) is 119 Å². The number of ketones is 1. The maximum atomic E-state index is 13.2. The molecule has 8 aliphatic rings. The quantitative estimate of drug-likeness (QED) is 0.0207. The molecule has 1 spiro atoms. The zero-order chi connectivity index (χ0) is 99.1. The number of aromatic amines is 1. The summed E-state index contributed by atoms with van der Waals surface area (Å²) in [6.07, 6.45) is 15.7. The fourth-order valence-corrected chi connectivity index (χ4v) is 19.9. The number of carbonyl (C=O) groups excluding carboxylic acids is 2. The predicted molar refractivity (Wildman–Crippen MR) is 589 cm³/mol. The van der Waals surface area contributed by atoms with Gasteiger partial charge in [-0.2, -0.15) is 0 Å². The first-order valence-corrected chi connectivity index (χ1v) is 50.8. The number of aliphatic imine (C=N–C) groups is 4. The van der Waals surface area contributed by atoms with Gasteiger partial charge in [-0.05, 0) is 249 Å². The number of Topliss-reactive ketones (excluding diaryl/α,β-unsaturated/α-hetero) is 1. The van der Waals surface area contributed by atoms with Crippen molar-refractivity contribution in [2.24, 2.45) is 25.9 Å². The summed E-state index contributed by atoms with van der Waals surface area (Å²) < 4.78 is 36.6. The molecule has 6 heterocycles. The summed E-state index contributed by atoms with van der Waals surface area (Å²) in [6, 6.07) is 124. The third-order valence-corrected chi connectivity index (χ3v) is 27.5. The number of rotatable bonds is 28. The molecule has 720 valence electrons. The molecule has 2 aromatic heterocycles. The number of fused-ring (bicyclic) bond motifs is 2. The van der Waals surface area contributed by atoms with Gasteiger partial charge in [0.15, 0.2) is 11.9 Å². The van der Waals surface area contributed by atoms with E-state index in [1.54, 1.807) is 23.2 Å². The van der Waals surface area contributed by atoms with E-state index in [0.29, 0.717) is 30.6 Å². The Bertz CT molecular complexity index is 7240. The molecule has 4 aliphatic heterocycles. The van der Waals surface area contributed by atoms with Crippen LogP contribution in [0, 0.1) is 17.2 Å². The van der Waals surface area contributed by atoms with E-state index in [2.05, 4.69) is 285 Å². The zero-order valence-corrected chi connectivity index (χ0v) is 84.0. The van der Waals surface area contributed by atoms with Gasteiger partial charge in [0.2, 0.25) is 0 Å². The van der Waals surface area contributed by atoms with E-state index < -0.39 is 17.9 Å². The summed E-state index contributed by atoms with van der Waals surface area (Å²) in [7, 11) is 1.67. The van der Waals surface area contributed by atoms with Crippen molar-refractivity contribution in [3.05, 3.63) is 466 Å². The van der Waals surface area contributed by atoms with Gasteiger partial charge in [-0.1, -0.05) is 299 Å². The van der Waals surface area contributed by atoms with Crippen LogP contribution in [0.3, 0.4) is 0 Å². The molecule has 14 aromatic carbocycles. The molecule has 24 rings (SSSR count). The monoisotopic (exact) mass is 1920 g/mol. The van der Waals surface area contributed by atoms with Crippen LogP contribution in [0.4, 0.5) is 0 Å². The maximum absolute atomic E-state index is 13.2. The fourth-order valence-electron chi connectivity index (χ4n) is 19.9. The van der Waals surface area contributed by atoms with Crippen molar-refractivity contribution >= 4 is 65.2 Å². The van der Waals surface area contributed by atoms with Crippen LogP contribution in [0.15, 0.2) is 391 Å². The number of nitrogens with one attached hydrogen (secondary N) is 2. The number of aryl methyl sites for hydroxylation is 9. The Hall–Kier alpha value is -15.4. The third-order valence-electron chi connectivity index (χ3n) is 27.5. The Kier molecular flexibility index (Phi) is 33.8. The molecule has 145 heavy (non-hydrogen) atoms. The molecule has 0 fully saturated rings. The zero-order valence-electron chi connectivity index (χ0n) is 82.9. The summed E-state index contributed by atoms with van der Waals surface area (Å²) in [4.78, 5) is 62.4. The minimum absolute atomic E-state index is 0. The second-order valence-corrected chi connectivity index (χ2v) is 37.0. The van der Waals surface area contributed by atoms with Crippen LogP contribution in [0.25, 0.3) is 73.9 Å². The number of aromatic nitrogens is 4. The van der Waals surface area contributed by atoms with Crippen molar-refractivity contribution in [2.75, 3.05) is 40.1 Å². The van der Waals surface area contributed by atoms with Gasteiger partial charge in [-0.3, -0.25) is 19.3 Å². The Labute approximate surface area is 861 Å². The summed E-state index contributed by atoms with van der Waals surface area (Å²) >= 11 is 1.67. The molecule has 8 bridgehead atoms. The number of nitrogens with zero attached hydrogens (tertiary/aromatic N) is 7. The first-order valence-electron chi connectivity index (χ1n) is 50.2. The van der Waals surface area contributed by atoms with Crippen LogP contribution in [0.1, 0.15) is 159 Å². The molecule has 0 saturated heterocycles. The molecule has 0 saturated carbocycles. The second kappa shape index (κ2) is 48.6. The SMILES string of the molecule is C=CC(=O)OCCOc1ccc(C2=NC(c3cc4ccc3CCCc3ccc(cc3-c3nc(-c5ccccc5)c(-c5ccccc5)[nH]3)CCC4)N=C2c2ccc(OC)cc2)cc1.C=Cc1ccccc1.CCC(CC(C)C(=O)COCCOc1ccc(C2=NC3(N=C2c2ccc(C)cc2)c2cc4ccc2CCCc2ccc(cc2-c2nc(-c5ccccc5)c(-c5ccccc5)n23)CCC4)cc1)c1ccccc1.[B].[NH]=[Al]. The first kappa shape index (κ1) is 101. The molecule has 4 atom stereocenters. The normalized spacial score (nSPS) is 15.1. The number of esters is 1. The van der Waals surface area contributed by atoms with Gasteiger partial charge in [0.1, 0.15) is 55.3 Å². The number of ether oxygens (including phenoxy) is 5. The molecule has 0 amide bonds. The van der Waals surface area contributed by atoms with E-state index in [9.17, 15) is 9.59 Å². The van der Waals surface area contributed by atoms with Crippen LogP contribution in [0.2, 0.25) is 0 Å². The molecule has 4 radical (unpaired) electrons. The molecule has 16 nitrogen and oxygen atoms in total. The molecule has 4 unspecified atom stereocenters. The van der Waals surface area contributed by atoms with Gasteiger partial charge in [-0.15, -0.1) is 0 Å². The van der Waals surface area contributed by atoms with Crippen LogP contribution in [0.5, 0.6) is 17.2 Å². The minimum atomic E-state index is -1.29. The van der Waals surface area contributed by atoms with Crippen molar-refractivity contribution in [1.29, 1.82) is 4.35 Å². The summed E-state index contributed by atoms with van der Waals surface area (Å²) in [5, 5.41) is 0. The molecule has 18 heteroatoms. The number of H-pyrrole nitrogens is 1. The van der Waals surface area contributed by atoms with Crippen molar-refractivity contribution in [2.45, 2.75) is 129 Å². The summed E-state index contributed by atoms with van der Waals surface area (Å²) in [5.74, 6) is 2.54. The Morgan fingerprint density at radius 3 is 1.46 bits per heavy atom. The topological polar surface area (TPSA) is 200 Å². The van der Waals surface area contributed by atoms with Gasteiger partial charge in [0.25, 0.3) is 5.79 Å². The fraction of sp³-hybridized carbons (Fsp3) is 0.213. The van der Waals surface area contributed by atoms with E-state index in [1.807, 2.05) is 116 Å². The van der Waals surface area contributed by atoms with Crippen molar-refractivity contribution in [3.8, 4) is 85.1 Å². The number of methoxy groups -OCH3 is 1. The molecular weight excluding hydrogens is 1800 g/mol. The van der Waals surface area contributed by atoms with Gasteiger partial charge >= 0.3 is 26.4 Å². The molecule has 4 aliphatic carbocycles. The average molecular weight is 1920 g/mol. The third kappa shape index (κ3) is 23.9. The van der Waals surface area contributed by atoms with E-state index in [4.69, 9.17) is 58.0 Å². The predicted octanol–water partition coefficient (Wildman–Crippen LogP) is 27.1. The van der Waals surface area contributed by atoms with Crippen LogP contribution >= 0.6 is 0 Å². The van der Waals surface area contributed by atoms with Crippen molar-refractivity contribution in [1.82, 2.24) is 19.5 Å². The van der Waals surface area contributed by atoms with Crippen molar-refractivity contribution in [3.63, 3.8) is 0 Å². The summed E-state index contributed by atoms with van der Waals surface area (Å²) in [6.45, 7) is 14.5. The Morgan fingerprint density at radius 1 is 0.469 bits per heavy atom.